The van der Waals surface area contributed by atoms with Crippen molar-refractivity contribution in [1.82, 2.24) is 0 Å². The van der Waals surface area contributed by atoms with Crippen LogP contribution in [0.25, 0.3) is 11.1 Å². The molecule has 0 saturated heterocycles. The number of esters is 2. The van der Waals surface area contributed by atoms with Gasteiger partial charge in [0, 0.05) is 69.6 Å². The van der Waals surface area contributed by atoms with Crippen molar-refractivity contribution in [3.63, 3.8) is 0 Å². The van der Waals surface area contributed by atoms with Crippen LogP contribution in [0.2, 0.25) is 0 Å². The van der Waals surface area contributed by atoms with Crippen molar-refractivity contribution in [3.05, 3.63) is 59.7 Å². The predicted octanol–water partition coefficient (Wildman–Crippen LogP) is 3.48. The fraction of sp³-hybridized carbons (Fsp3) is 0.333. The Labute approximate surface area is 196 Å². The van der Waals surface area contributed by atoms with Crippen molar-refractivity contribution >= 4 is 63.3 Å². The third kappa shape index (κ3) is 3.97. The normalized spacial score (nSPS) is 13.2. The topological polar surface area (TPSA) is 52.6 Å². The Morgan fingerprint density at radius 1 is 0.769 bits per heavy atom. The molecule has 5 heteroatoms. The molecule has 3 rings (SSSR count). The molecule has 2 aromatic rings. The van der Waals surface area contributed by atoms with E-state index >= 15 is 0 Å². The van der Waals surface area contributed by atoms with E-state index in [0.29, 0.717) is 25.7 Å². The van der Waals surface area contributed by atoms with Gasteiger partial charge in [0.25, 0.3) is 0 Å². The summed E-state index contributed by atoms with van der Waals surface area (Å²) >= 11 is 0. The molecule has 1 radical (unpaired) electrons. The van der Waals surface area contributed by atoms with Crippen molar-refractivity contribution in [2.24, 2.45) is 0 Å². The molecule has 0 amide bonds. The number of carbonyl (C=O) groups excluding carboxylic acids is 2. The van der Waals surface area contributed by atoms with Gasteiger partial charge in [0.2, 0.25) is 0 Å². The second-order valence-electron chi connectivity index (χ2n) is 6.33. The van der Waals surface area contributed by atoms with Gasteiger partial charge in [-0.15, -0.1) is 0 Å². The van der Waals surface area contributed by atoms with Crippen LogP contribution >= 0.6 is 0 Å². The molecule has 131 valence electrons. The van der Waals surface area contributed by atoms with Gasteiger partial charge in [-0.1, -0.05) is 48.5 Å². The number of rotatable bonds is 6. The van der Waals surface area contributed by atoms with Crippen LogP contribution in [0.4, 0.5) is 0 Å². The fourth-order valence-corrected chi connectivity index (χ4v) is 3.91. The van der Waals surface area contributed by atoms with E-state index in [0.717, 1.165) is 0 Å². The van der Waals surface area contributed by atoms with Crippen LogP contribution in [0.3, 0.4) is 0 Å². The first kappa shape index (κ1) is 21.3. The monoisotopic (exact) mass is 377 g/mol. The summed E-state index contributed by atoms with van der Waals surface area (Å²) in [6.07, 6.45) is 1.82. The Morgan fingerprint density at radius 3 is 1.54 bits per heavy atom. The number of carbonyl (C=O) groups is 2. The first-order valence-corrected chi connectivity index (χ1v) is 8.45. The summed E-state index contributed by atoms with van der Waals surface area (Å²) in [5, 5.41) is 0. The van der Waals surface area contributed by atoms with Crippen molar-refractivity contribution in [3.8, 4) is 11.1 Å². The summed E-state index contributed by atoms with van der Waals surface area (Å²) in [5.41, 5.74) is 4.31. The SMILES string of the molecule is COC(=O)CCC1(CCC(=O)OC)c2ccccc2-c2ccccc21.[K]. The molecule has 0 fully saturated rings. The standard InChI is InChI=1S/C21H22O4.K/c1-24-19(22)11-13-21(14-12-20(23)25-2)17-9-5-3-7-15(17)16-8-4-6-10-18(16)21;/h3-10H,11-14H2,1-2H3;. The van der Waals surface area contributed by atoms with E-state index in [1.54, 1.807) is 0 Å². The van der Waals surface area contributed by atoms with Crippen molar-refractivity contribution in [2.75, 3.05) is 14.2 Å². The van der Waals surface area contributed by atoms with Crippen molar-refractivity contribution in [1.29, 1.82) is 0 Å². The molecule has 0 N–H and O–H groups in total. The third-order valence-corrected chi connectivity index (χ3v) is 5.14. The molecule has 0 unspecified atom stereocenters. The second kappa shape index (κ2) is 9.29. The number of ether oxygens (including phenoxy) is 2. The number of hydrogen-bond acceptors (Lipinski definition) is 4. The molecule has 0 aromatic heterocycles. The Kier molecular flexibility index (Phi) is 7.61. The Bertz CT molecular complexity index is 733. The molecule has 0 spiro atoms. The van der Waals surface area contributed by atoms with Gasteiger partial charge in [-0.25, -0.2) is 0 Å². The quantitative estimate of drug-likeness (QED) is 0.571. The molecule has 0 bridgehead atoms. The van der Waals surface area contributed by atoms with E-state index in [-0.39, 0.29) is 68.7 Å². The third-order valence-electron chi connectivity index (χ3n) is 5.14. The van der Waals surface area contributed by atoms with Gasteiger partial charge in [-0.3, -0.25) is 9.59 Å². The van der Waals surface area contributed by atoms with E-state index < -0.39 is 0 Å². The minimum atomic E-state index is -0.379. The minimum Gasteiger partial charge on any atom is -0.469 e. The smallest absolute Gasteiger partial charge is 0.305 e. The first-order chi connectivity index (χ1) is 12.1. The number of methoxy groups -OCH3 is 2. The molecular formula is C21H22KO4. The second-order valence-corrected chi connectivity index (χ2v) is 6.33. The van der Waals surface area contributed by atoms with Gasteiger partial charge < -0.3 is 9.47 Å². The molecule has 1 aliphatic rings. The fourth-order valence-electron chi connectivity index (χ4n) is 3.91. The molecule has 0 atom stereocenters. The Morgan fingerprint density at radius 2 is 1.15 bits per heavy atom. The first-order valence-electron chi connectivity index (χ1n) is 8.45. The summed E-state index contributed by atoms with van der Waals surface area (Å²) < 4.78 is 9.69. The zero-order valence-corrected chi connectivity index (χ0v) is 18.7. The Hall–Kier alpha value is -0.984. The van der Waals surface area contributed by atoms with Gasteiger partial charge in [-0.2, -0.15) is 0 Å². The van der Waals surface area contributed by atoms with Gasteiger partial charge in [0.05, 0.1) is 14.2 Å². The number of hydrogen-bond donors (Lipinski definition) is 0. The van der Waals surface area contributed by atoms with E-state index in [1.165, 1.54) is 36.5 Å². The van der Waals surface area contributed by atoms with E-state index in [4.69, 9.17) is 9.47 Å². The predicted molar refractivity (Wildman–Crippen MR) is 101 cm³/mol. The zero-order chi connectivity index (χ0) is 17.9. The summed E-state index contributed by atoms with van der Waals surface area (Å²) in [6.45, 7) is 0. The molecule has 2 aromatic carbocycles. The largest absolute Gasteiger partial charge is 0.469 e. The van der Waals surface area contributed by atoms with Crippen LogP contribution in [-0.2, 0) is 24.5 Å². The van der Waals surface area contributed by atoms with Gasteiger partial charge in [-0.05, 0) is 35.1 Å². The molecular weight excluding hydrogens is 355 g/mol. The molecule has 0 saturated carbocycles. The average molecular weight is 378 g/mol. The van der Waals surface area contributed by atoms with Gasteiger partial charge in [0.1, 0.15) is 0 Å². The maximum atomic E-state index is 11.8. The van der Waals surface area contributed by atoms with Gasteiger partial charge >= 0.3 is 11.9 Å². The van der Waals surface area contributed by atoms with Crippen LogP contribution < -0.4 is 0 Å². The van der Waals surface area contributed by atoms with E-state index in [2.05, 4.69) is 24.3 Å². The molecule has 0 heterocycles. The average Bonchev–Trinajstić information content (AvgIpc) is 2.95. The summed E-state index contributed by atoms with van der Waals surface area (Å²) in [6, 6.07) is 16.5. The maximum absolute atomic E-state index is 11.8. The van der Waals surface area contributed by atoms with Crippen LogP contribution in [0.1, 0.15) is 36.8 Å². The molecule has 1 aliphatic carbocycles. The van der Waals surface area contributed by atoms with Crippen molar-refractivity contribution in [2.45, 2.75) is 31.1 Å². The van der Waals surface area contributed by atoms with E-state index in [1.807, 2.05) is 24.3 Å². The number of fused-ring (bicyclic) bond motifs is 3. The van der Waals surface area contributed by atoms with E-state index in [9.17, 15) is 9.59 Å². The summed E-state index contributed by atoms with van der Waals surface area (Å²) in [5.74, 6) is -0.474. The molecule has 4 nitrogen and oxygen atoms in total. The molecule has 0 aliphatic heterocycles. The van der Waals surface area contributed by atoms with Gasteiger partial charge in [0.15, 0.2) is 0 Å². The Balaban J connectivity index is 0.00000243. The van der Waals surface area contributed by atoms with Crippen LogP contribution in [-0.4, -0.2) is 77.5 Å². The zero-order valence-electron chi connectivity index (χ0n) is 15.6. The summed E-state index contributed by atoms with van der Waals surface area (Å²) in [7, 11) is 2.81. The van der Waals surface area contributed by atoms with Crippen LogP contribution in [0.5, 0.6) is 0 Å². The van der Waals surface area contributed by atoms with Crippen molar-refractivity contribution < 1.29 is 19.1 Å². The van der Waals surface area contributed by atoms with Crippen LogP contribution in [0, 0.1) is 0 Å². The number of benzene rings is 2. The summed E-state index contributed by atoms with van der Waals surface area (Å²) in [4.78, 5) is 23.6. The van der Waals surface area contributed by atoms with Crippen LogP contribution in [0.15, 0.2) is 48.5 Å². The maximum Gasteiger partial charge on any atom is 0.305 e. The molecule has 26 heavy (non-hydrogen) atoms. The minimum absolute atomic E-state index is 0.